The van der Waals surface area contributed by atoms with Crippen LogP contribution in [0.4, 0.5) is 0 Å². The Morgan fingerprint density at radius 1 is 1.22 bits per heavy atom. The van der Waals surface area contributed by atoms with Gasteiger partial charge in [0.05, 0.1) is 17.4 Å². The number of aryl methyl sites for hydroxylation is 1. The molecule has 4 nitrogen and oxygen atoms in total. The molecule has 0 aliphatic carbocycles. The fourth-order valence-corrected chi connectivity index (χ4v) is 6.30. The summed E-state index contributed by atoms with van der Waals surface area (Å²) in [5, 5.41) is 0.535. The highest BCUT2D eigenvalue weighted by molar-refractivity contribution is 8.00. The zero-order chi connectivity index (χ0) is 16.4. The van der Waals surface area contributed by atoms with Crippen LogP contribution in [0.25, 0.3) is 0 Å². The molecular formula is C17H23NO3S2. The lowest BCUT2D eigenvalue weighted by Crippen LogP contribution is -2.42. The maximum atomic E-state index is 12.5. The van der Waals surface area contributed by atoms with E-state index in [1.807, 2.05) is 16.7 Å². The monoisotopic (exact) mass is 353 g/mol. The maximum absolute atomic E-state index is 12.5. The first kappa shape index (κ1) is 16.8. The molecule has 0 saturated carbocycles. The summed E-state index contributed by atoms with van der Waals surface area (Å²) >= 11 is 1.89. The molecule has 2 aliphatic rings. The van der Waals surface area contributed by atoms with E-state index in [1.165, 1.54) is 10.5 Å². The van der Waals surface area contributed by atoms with Gasteiger partial charge in [-0.15, -0.1) is 11.8 Å². The molecule has 3 rings (SSSR count). The van der Waals surface area contributed by atoms with Gasteiger partial charge in [-0.25, -0.2) is 8.42 Å². The summed E-state index contributed by atoms with van der Waals surface area (Å²) in [6.07, 6.45) is 2.45. The van der Waals surface area contributed by atoms with Gasteiger partial charge in [0.2, 0.25) is 5.91 Å². The molecule has 1 atom stereocenters. The van der Waals surface area contributed by atoms with E-state index in [4.69, 9.17) is 0 Å². The second-order valence-electron chi connectivity index (χ2n) is 6.56. The largest absolute Gasteiger partial charge is 0.342 e. The first-order valence-corrected chi connectivity index (χ1v) is 10.9. The molecule has 2 fully saturated rings. The van der Waals surface area contributed by atoms with Gasteiger partial charge in [-0.1, -0.05) is 17.7 Å². The average molecular weight is 354 g/mol. The molecule has 0 radical (unpaired) electrons. The number of thioether (sulfide) groups is 1. The van der Waals surface area contributed by atoms with E-state index in [0.717, 1.165) is 25.9 Å². The minimum atomic E-state index is -2.99. The highest BCUT2D eigenvalue weighted by Gasteiger charge is 2.36. The molecule has 0 spiro atoms. The molecule has 1 amide bonds. The number of likely N-dealkylation sites (tertiary alicyclic amines) is 1. The quantitative estimate of drug-likeness (QED) is 0.838. The van der Waals surface area contributed by atoms with Crippen molar-refractivity contribution >= 4 is 27.5 Å². The average Bonchev–Trinajstić information content (AvgIpc) is 2.87. The molecule has 6 heteroatoms. The third-order valence-electron chi connectivity index (χ3n) is 4.63. The number of sulfone groups is 1. The topological polar surface area (TPSA) is 54.5 Å². The van der Waals surface area contributed by atoms with Crippen LogP contribution in [0.3, 0.4) is 0 Å². The lowest BCUT2D eigenvalue weighted by molar-refractivity contribution is -0.135. The Labute approximate surface area is 142 Å². The summed E-state index contributed by atoms with van der Waals surface area (Å²) in [6.45, 7) is 3.60. The van der Waals surface area contributed by atoms with Crippen LogP contribution in [-0.4, -0.2) is 49.1 Å². The molecule has 1 aromatic carbocycles. The van der Waals surface area contributed by atoms with Crippen LogP contribution in [0.5, 0.6) is 0 Å². The van der Waals surface area contributed by atoms with Crippen molar-refractivity contribution in [3.63, 3.8) is 0 Å². The van der Waals surface area contributed by atoms with Gasteiger partial charge in [-0.2, -0.15) is 0 Å². The van der Waals surface area contributed by atoms with Crippen molar-refractivity contribution < 1.29 is 13.2 Å². The van der Waals surface area contributed by atoms with Crippen LogP contribution < -0.4 is 0 Å². The van der Waals surface area contributed by atoms with Gasteiger partial charge in [-0.3, -0.25) is 4.79 Å². The number of hydrogen-bond donors (Lipinski definition) is 0. The van der Waals surface area contributed by atoms with E-state index in [1.54, 1.807) is 0 Å². The fraction of sp³-hybridized carbons (Fsp3) is 0.588. The predicted octanol–water partition coefficient (Wildman–Crippen LogP) is 2.51. The van der Waals surface area contributed by atoms with E-state index in [-0.39, 0.29) is 23.3 Å². The third kappa shape index (κ3) is 4.29. The SMILES string of the molecule is Cc1cccc(SC2CCN(C(=O)[C@@H]3CCS(=O)(=O)C3)CC2)c1. The van der Waals surface area contributed by atoms with Crippen LogP contribution in [0.15, 0.2) is 29.2 Å². The molecule has 2 aliphatic heterocycles. The number of benzene rings is 1. The summed E-state index contributed by atoms with van der Waals surface area (Å²) in [7, 11) is -2.99. The van der Waals surface area contributed by atoms with Gasteiger partial charge in [0.25, 0.3) is 0 Å². The summed E-state index contributed by atoms with van der Waals surface area (Å²) in [6, 6.07) is 8.52. The van der Waals surface area contributed by atoms with Gasteiger partial charge in [0.1, 0.15) is 0 Å². The molecule has 2 heterocycles. The normalized spacial score (nSPS) is 24.7. The molecular weight excluding hydrogens is 330 g/mol. The smallest absolute Gasteiger partial charge is 0.226 e. The first-order chi connectivity index (χ1) is 10.9. The van der Waals surface area contributed by atoms with Crippen LogP contribution >= 0.6 is 11.8 Å². The Morgan fingerprint density at radius 3 is 2.57 bits per heavy atom. The summed E-state index contributed by atoms with van der Waals surface area (Å²) < 4.78 is 23.1. The fourth-order valence-electron chi connectivity index (χ4n) is 3.32. The van der Waals surface area contributed by atoms with Gasteiger partial charge in [0.15, 0.2) is 9.84 Å². The number of nitrogens with zero attached hydrogens (tertiary/aromatic N) is 1. The van der Waals surface area contributed by atoms with E-state index in [0.29, 0.717) is 11.7 Å². The molecule has 23 heavy (non-hydrogen) atoms. The number of rotatable bonds is 3. The van der Waals surface area contributed by atoms with E-state index < -0.39 is 9.84 Å². The number of amides is 1. The van der Waals surface area contributed by atoms with E-state index >= 15 is 0 Å². The lowest BCUT2D eigenvalue weighted by atomic mass is 10.0. The molecule has 0 bridgehead atoms. The number of carbonyl (C=O) groups excluding carboxylic acids is 1. The highest BCUT2D eigenvalue weighted by Crippen LogP contribution is 2.31. The standard InChI is InChI=1S/C17H23NO3S2/c1-13-3-2-4-16(11-13)22-15-5-8-18(9-6-15)17(19)14-7-10-23(20,21)12-14/h2-4,11,14-15H,5-10,12H2,1H3/t14-/m1/s1. The van der Waals surface area contributed by atoms with Gasteiger partial charge in [0, 0.05) is 23.2 Å². The Kier molecular flexibility index (Phi) is 5.01. The van der Waals surface area contributed by atoms with Gasteiger partial charge >= 0.3 is 0 Å². The van der Waals surface area contributed by atoms with Crippen molar-refractivity contribution in [3.05, 3.63) is 29.8 Å². The van der Waals surface area contributed by atoms with Crippen molar-refractivity contribution in [1.29, 1.82) is 0 Å². The molecule has 126 valence electrons. The molecule has 2 saturated heterocycles. The predicted molar refractivity (Wildman–Crippen MR) is 93.4 cm³/mol. The minimum Gasteiger partial charge on any atom is -0.342 e. The van der Waals surface area contributed by atoms with Crippen molar-refractivity contribution in [2.75, 3.05) is 24.6 Å². The number of hydrogen-bond acceptors (Lipinski definition) is 4. The van der Waals surface area contributed by atoms with Crippen LogP contribution in [0.1, 0.15) is 24.8 Å². The van der Waals surface area contributed by atoms with Crippen LogP contribution in [-0.2, 0) is 14.6 Å². The Balaban J connectivity index is 1.51. The Morgan fingerprint density at radius 2 is 1.96 bits per heavy atom. The van der Waals surface area contributed by atoms with Crippen molar-refractivity contribution in [2.45, 2.75) is 36.3 Å². The van der Waals surface area contributed by atoms with E-state index in [2.05, 4.69) is 31.2 Å². The molecule has 1 aromatic rings. The van der Waals surface area contributed by atoms with Crippen LogP contribution in [0.2, 0.25) is 0 Å². The van der Waals surface area contributed by atoms with E-state index in [9.17, 15) is 13.2 Å². The van der Waals surface area contributed by atoms with Crippen molar-refractivity contribution in [3.8, 4) is 0 Å². The Bertz CT molecular complexity index is 679. The maximum Gasteiger partial charge on any atom is 0.226 e. The number of carbonyl (C=O) groups is 1. The summed E-state index contributed by atoms with van der Waals surface area (Å²) in [4.78, 5) is 15.6. The molecule has 0 N–H and O–H groups in total. The second-order valence-corrected chi connectivity index (χ2v) is 10.2. The summed E-state index contributed by atoms with van der Waals surface area (Å²) in [5.74, 6) is -0.0431. The Hall–Kier alpha value is -1.01. The lowest BCUT2D eigenvalue weighted by Gasteiger charge is -2.33. The minimum absolute atomic E-state index is 0.0454. The highest BCUT2D eigenvalue weighted by atomic mass is 32.2. The van der Waals surface area contributed by atoms with Gasteiger partial charge < -0.3 is 4.90 Å². The summed E-state index contributed by atoms with van der Waals surface area (Å²) in [5.41, 5.74) is 1.27. The zero-order valence-corrected chi connectivity index (χ0v) is 15.0. The molecule has 0 unspecified atom stereocenters. The van der Waals surface area contributed by atoms with Crippen molar-refractivity contribution in [2.24, 2.45) is 5.92 Å². The first-order valence-electron chi connectivity index (χ1n) is 8.15. The third-order valence-corrected chi connectivity index (χ3v) is 7.73. The molecule has 0 aromatic heterocycles. The van der Waals surface area contributed by atoms with Crippen LogP contribution in [0, 0.1) is 12.8 Å². The van der Waals surface area contributed by atoms with Crippen molar-refractivity contribution in [1.82, 2.24) is 4.90 Å². The second kappa shape index (κ2) is 6.85. The van der Waals surface area contributed by atoms with Gasteiger partial charge in [-0.05, 0) is 38.3 Å². The zero-order valence-electron chi connectivity index (χ0n) is 13.4. The number of piperidine rings is 1.